The normalized spacial score (nSPS) is 12.3. The molecule has 0 aliphatic heterocycles. The van der Waals surface area contributed by atoms with E-state index in [1.54, 1.807) is 39.8 Å². The lowest BCUT2D eigenvalue weighted by Gasteiger charge is -2.23. The van der Waals surface area contributed by atoms with Crippen LogP contribution in [0.3, 0.4) is 0 Å². The molecule has 0 aliphatic carbocycles. The first kappa shape index (κ1) is 33.6. The van der Waals surface area contributed by atoms with Crippen LogP contribution < -0.4 is 20.7 Å². The van der Waals surface area contributed by atoms with Crippen LogP contribution in [0.5, 0.6) is 5.75 Å². The average Bonchev–Trinajstić information content (AvgIpc) is 2.99. The lowest BCUT2D eigenvalue weighted by atomic mass is 10.0. The molecule has 3 N–H and O–H groups in total. The fraction of sp³-hybridized carbons (Fsp3) is 0.353. The summed E-state index contributed by atoms with van der Waals surface area (Å²) >= 11 is 0. The molecule has 44 heavy (non-hydrogen) atoms. The van der Waals surface area contributed by atoms with Crippen molar-refractivity contribution < 1.29 is 33.4 Å². The third kappa shape index (κ3) is 12.2. The van der Waals surface area contributed by atoms with Crippen molar-refractivity contribution in [2.75, 3.05) is 13.2 Å². The lowest BCUT2D eigenvalue weighted by Crippen LogP contribution is -2.54. The molecule has 0 spiro atoms. The van der Waals surface area contributed by atoms with Crippen LogP contribution in [0.1, 0.15) is 44.4 Å². The number of benzene rings is 3. The van der Waals surface area contributed by atoms with Gasteiger partial charge in [0.15, 0.2) is 0 Å². The standard InChI is InChI=1S/C34H41N3O7/c1-5-42-32(40)29(21-25-16-18-27(19-17-25)43-23-26-14-10-7-11-15-26)37-31(39)28(20-24-12-8-6-9-13-24)36-30(38)22-35-33(41)44-34(2,3)4/h6-19,28-29H,5,20-23H2,1-4H3,(H,35,41)(H,36,38)(H,37,39)/t28-,29+/m1/s1. The van der Waals surface area contributed by atoms with E-state index in [-0.39, 0.29) is 19.4 Å². The number of rotatable bonds is 14. The van der Waals surface area contributed by atoms with Crippen LogP contribution in [-0.4, -0.2) is 54.7 Å². The number of ether oxygens (including phenoxy) is 3. The number of hydrogen-bond acceptors (Lipinski definition) is 7. The van der Waals surface area contributed by atoms with Crippen molar-refractivity contribution >= 4 is 23.9 Å². The maximum Gasteiger partial charge on any atom is 0.408 e. The second-order valence-electron chi connectivity index (χ2n) is 11.1. The molecule has 0 saturated heterocycles. The van der Waals surface area contributed by atoms with Crippen LogP contribution in [0.4, 0.5) is 4.79 Å². The molecule has 0 saturated carbocycles. The second kappa shape index (κ2) is 16.7. The summed E-state index contributed by atoms with van der Waals surface area (Å²) in [5, 5.41) is 7.82. The van der Waals surface area contributed by atoms with Crippen molar-refractivity contribution in [3.63, 3.8) is 0 Å². The van der Waals surface area contributed by atoms with Gasteiger partial charge >= 0.3 is 12.1 Å². The maximum atomic E-state index is 13.5. The molecule has 3 amide bonds. The smallest absolute Gasteiger partial charge is 0.408 e. The Kier molecular flexibility index (Phi) is 12.8. The Bertz CT molecular complexity index is 1360. The third-order valence-corrected chi connectivity index (χ3v) is 6.23. The van der Waals surface area contributed by atoms with Crippen LogP contribution in [-0.2, 0) is 43.3 Å². The molecular weight excluding hydrogens is 562 g/mol. The minimum absolute atomic E-state index is 0.137. The van der Waals surface area contributed by atoms with Gasteiger partial charge in [-0.2, -0.15) is 0 Å². The van der Waals surface area contributed by atoms with Crippen molar-refractivity contribution in [3.05, 3.63) is 102 Å². The van der Waals surface area contributed by atoms with Gasteiger partial charge in [-0.15, -0.1) is 0 Å². The van der Waals surface area contributed by atoms with E-state index in [0.29, 0.717) is 12.4 Å². The Morgan fingerprint density at radius 2 is 1.30 bits per heavy atom. The molecule has 0 heterocycles. The van der Waals surface area contributed by atoms with E-state index in [2.05, 4.69) is 16.0 Å². The van der Waals surface area contributed by atoms with Gasteiger partial charge in [0.05, 0.1) is 6.61 Å². The number of carbonyl (C=O) groups excluding carboxylic acids is 4. The first-order chi connectivity index (χ1) is 21.0. The number of amides is 3. The molecule has 3 rings (SSSR count). The SMILES string of the molecule is CCOC(=O)[C@H](Cc1ccc(OCc2ccccc2)cc1)NC(=O)[C@@H](Cc1ccccc1)NC(=O)CNC(=O)OC(C)(C)C. The summed E-state index contributed by atoms with van der Waals surface area (Å²) in [6, 6.07) is 24.2. The topological polar surface area (TPSA) is 132 Å². The third-order valence-electron chi connectivity index (χ3n) is 6.23. The highest BCUT2D eigenvalue weighted by atomic mass is 16.6. The lowest BCUT2D eigenvalue weighted by molar-refractivity contribution is -0.147. The van der Waals surface area contributed by atoms with Gasteiger partial charge in [0.2, 0.25) is 11.8 Å². The molecular formula is C34H41N3O7. The fourth-order valence-corrected chi connectivity index (χ4v) is 4.18. The van der Waals surface area contributed by atoms with Crippen molar-refractivity contribution in [2.24, 2.45) is 0 Å². The van der Waals surface area contributed by atoms with Crippen molar-refractivity contribution in [3.8, 4) is 5.75 Å². The zero-order valence-corrected chi connectivity index (χ0v) is 25.6. The summed E-state index contributed by atoms with van der Waals surface area (Å²) in [4.78, 5) is 51.2. The van der Waals surface area contributed by atoms with Gasteiger partial charge in [-0.25, -0.2) is 9.59 Å². The molecule has 0 radical (unpaired) electrons. The number of nitrogens with one attached hydrogen (secondary N) is 3. The van der Waals surface area contributed by atoms with Gasteiger partial charge in [-0.1, -0.05) is 72.8 Å². The molecule has 10 nitrogen and oxygen atoms in total. The molecule has 0 aliphatic rings. The molecule has 10 heteroatoms. The van der Waals surface area contributed by atoms with Gasteiger partial charge in [-0.3, -0.25) is 9.59 Å². The molecule has 3 aromatic carbocycles. The van der Waals surface area contributed by atoms with Crippen molar-refractivity contribution in [2.45, 2.75) is 64.8 Å². The molecule has 0 aromatic heterocycles. The molecule has 2 atom stereocenters. The highest BCUT2D eigenvalue weighted by molar-refractivity contribution is 5.92. The molecule has 0 bridgehead atoms. The fourth-order valence-electron chi connectivity index (χ4n) is 4.18. The Labute approximate surface area is 258 Å². The highest BCUT2D eigenvalue weighted by Gasteiger charge is 2.28. The van der Waals surface area contributed by atoms with Crippen molar-refractivity contribution in [1.82, 2.24) is 16.0 Å². The largest absolute Gasteiger partial charge is 0.489 e. The molecule has 234 valence electrons. The van der Waals surface area contributed by atoms with Crippen LogP contribution in [0.2, 0.25) is 0 Å². The van der Waals surface area contributed by atoms with Gasteiger partial charge in [0, 0.05) is 12.8 Å². The zero-order valence-electron chi connectivity index (χ0n) is 25.6. The van der Waals surface area contributed by atoms with E-state index < -0.39 is 48.1 Å². The predicted octanol–water partition coefficient (Wildman–Crippen LogP) is 4.11. The van der Waals surface area contributed by atoms with E-state index in [1.807, 2.05) is 72.8 Å². The number of alkyl carbamates (subject to hydrolysis) is 1. The van der Waals surface area contributed by atoms with Gasteiger partial charge < -0.3 is 30.2 Å². The monoisotopic (exact) mass is 603 g/mol. The minimum Gasteiger partial charge on any atom is -0.489 e. The van der Waals surface area contributed by atoms with Crippen LogP contribution in [0.25, 0.3) is 0 Å². The molecule has 3 aromatic rings. The molecule has 0 unspecified atom stereocenters. The quantitative estimate of drug-likeness (QED) is 0.236. The van der Waals surface area contributed by atoms with E-state index in [0.717, 1.165) is 16.7 Å². The summed E-state index contributed by atoms with van der Waals surface area (Å²) in [5.41, 5.74) is 1.89. The first-order valence-corrected chi connectivity index (χ1v) is 14.5. The zero-order chi connectivity index (χ0) is 32.0. The maximum absolute atomic E-state index is 13.5. The van der Waals surface area contributed by atoms with E-state index in [4.69, 9.17) is 14.2 Å². The van der Waals surface area contributed by atoms with Gasteiger partial charge in [0.1, 0.15) is 36.6 Å². The van der Waals surface area contributed by atoms with Crippen LogP contribution in [0.15, 0.2) is 84.9 Å². The Morgan fingerprint density at radius 1 is 0.727 bits per heavy atom. The van der Waals surface area contributed by atoms with E-state index in [1.165, 1.54) is 0 Å². The van der Waals surface area contributed by atoms with E-state index >= 15 is 0 Å². The van der Waals surface area contributed by atoms with E-state index in [9.17, 15) is 19.2 Å². The Hall–Kier alpha value is -4.86. The Balaban J connectivity index is 1.68. The Morgan fingerprint density at radius 3 is 1.89 bits per heavy atom. The van der Waals surface area contributed by atoms with Gasteiger partial charge in [0.25, 0.3) is 0 Å². The summed E-state index contributed by atoms with van der Waals surface area (Å²) in [6.45, 7) is 6.98. The predicted molar refractivity (Wildman–Crippen MR) is 166 cm³/mol. The van der Waals surface area contributed by atoms with Crippen LogP contribution >= 0.6 is 0 Å². The number of carbonyl (C=O) groups is 4. The summed E-state index contributed by atoms with van der Waals surface area (Å²) in [7, 11) is 0. The number of hydrogen-bond donors (Lipinski definition) is 3. The summed E-state index contributed by atoms with van der Waals surface area (Å²) in [6.07, 6.45) is -0.431. The first-order valence-electron chi connectivity index (χ1n) is 14.5. The number of esters is 1. The van der Waals surface area contributed by atoms with Crippen LogP contribution in [0, 0.1) is 0 Å². The summed E-state index contributed by atoms with van der Waals surface area (Å²) < 4.78 is 16.3. The van der Waals surface area contributed by atoms with Crippen molar-refractivity contribution in [1.29, 1.82) is 0 Å². The highest BCUT2D eigenvalue weighted by Crippen LogP contribution is 2.16. The average molecular weight is 604 g/mol. The second-order valence-corrected chi connectivity index (χ2v) is 11.1. The minimum atomic E-state index is -1.03. The van der Waals surface area contributed by atoms with Gasteiger partial charge in [-0.05, 0) is 56.5 Å². The molecule has 0 fully saturated rings. The summed E-state index contributed by atoms with van der Waals surface area (Å²) in [5.74, 6) is -1.09.